The molecule has 110 valence electrons. The Morgan fingerprint density at radius 3 is 2.65 bits per heavy atom. The minimum Gasteiger partial charge on any atom is -0.359 e. The van der Waals surface area contributed by atoms with Crippen molar-refractivity contribution in [2.24, 2.45) is 5.41 Å². The van der Waals surface area contributed by atoms with Crippen LogP contribution in [0.4, 0.5) is 10.1 Å². The molecule has 2 N–H and O–H groups in total. The number of carbonyl (C=O) groups is 1. The molecule has 0 aliphatic carbocycles. The van der Waals surface area contributed by atoms with E-state index in [-0.39, 0.29) is 18.0 Å². The van der Waals surface area contributed by atoms with Gasteiger partial charge in [-0.2, -0.15) is 4.39 Å². The Hall–Kier alpha value is -2.02. The van der Waals surface area contributed by atoms with E-state index in [9.17, 15) is 19.3 Å². The van der Waals surface area contributed by atoms with Gasteiger partial charge >= 0.3 is 5.69 Å². The maximum absolute atomic E-state index is 13.8. The fraction of sp³-hybridized carbons (Fsp3) is 0.462. The Morgan fingerprint density at radius 2 is 2.10 bits per heavy atom. The molecule has 0 saturated carbocycles. The van der Waals surface area contributed by atoms with E-state index in [0.29, 0.717) is 6.54 Å². The zero-order valence-electron chi connectivity index (χ0n) is 11.7. The van der Waals surface area contributed by atoms with Crippen molar-refractivity contribution in [3.63, 3.8) is 0 Å². The van der Waals surface area contributed by atoms with Crippen LogP contribution in [0.3, 0.4) is 0 Å². The first kappa shape index (κ1) is 16.0. The molecule has 0 unspecified atom stereocenters. The second-order valence-corrected chi connectivity index (χ2v) is 5.07. The molecule has 1 aromatic carbocycles. The van der Waals surface area contributed by atoms with Gasteiger partial charge in [0.15, 0.2) is 0 Å². The van der Waals surface area contributed by atoms with Crippen LogP contribution in [-0.4, -0.2) is 24.4 Å². The van der Waals surface area contributed by atoms with Gasteiger partial charge in [-0.1, -0.05) is 12.1 Å². The summed E-state index contributed by atoms with van der Waals surface area (Å²) < 4.78 is 13.8. The highest BCUT2D eigenvalue weighted by Gasteiger charge is 2.26. The molecule has 0 atom stereocenters. The second kappa shape index (κ2) is 6.42. The van der Waals surface area contributed by atoms with Crippen LogP contribution in [0.2, 0.25) is 0 Å². The summed E-state index contributed by atoms with van der Waals surface area (Å²) in [5, 5.41) is 16.1. The molecule has 1 amide bonds. The Kier molecular flexibility index (Phi) is 5.15. The number of nitrogens with zero attached hydrogens (tertiary/aromatic N) is 1. The first-order valence-corrected chi connectivity index (χ1v) is 6.14. The van der Waals surface area contributed by atoms with Gasteiger partial charge in [-0.25, -0.2) is 0 Å². The third-order valence-corrected chi connectivity index (χ3v) is 2.98. The number of carbonyl (C=O) groups excluding carboxylic acids is 1. The lowest BCUT2D eigenvalue weighted by atomic mass is 9.92. The van der Waals surface area contributed by atoms with Crippen LogP contribution in [0.15, 0.2) is 18.2 Å². The number of nitro benzene ring substituents is 1. The third kappa shape index (κ3) is 3.74. The minimum atomic E-state index is -0.845. The van der Waals surface area contributed by atoms with Gasteiger partial charge in [-0.05, 0) is 13.8 Å². The Labute approximate surface area is 116 Å². The van der Waals surface area contributed by atoms with Crippen LogP contribution in [0, 0.1) is 21.3 Å². The summed E-state index contributed by atoms with van der Waals surface area (Å²) in [6, 6.07) is 4.03. The van der Waals surface area contributed by atoms with Crippen molar-refractivity contribution in [3.05, 3.63) is 39.7 Å². The van der Waals surface area contributed by atoms with E-state index in [1.807, 2.05) is 0 Å². The van der Waals surface area contributed by atoms with Gasteiger partial charge in [-0.15, -0.1) is 0 Å². The SMILES string of the molecule is CNC(=O)C(C)(C)CNCc1cccc([N+](=O)[O-])c1F. The summed E-state index contributed by atoms with van der Waals surface area (Å²) in [5.41, 5.74) is -0.992. The van der Waals surface area contributed by atoms with Gasteiger partial charge in [0.2, 0.25) is 11.7 Å². The molecule has 1 aromatic rings. The van der Waals surface area contributed by atoms with Crippen molar-refractivity contribution in [2.75, 3.05) is 13.6 Å². The number of benzene rings is 1. The van der Waals surface area contributed by atoms with Gasteiger partial charge in [0, 0.05) is 31.8 Å². The maximum Gasteiger partial charge on any atom is 0.305 e. The molecule has 7 heteroatoms. The topological polar surface area (TPSA) is 84.3 Å². The van der Waals surface area contributed by atoms with E-state index in [0.717, 1.165) is 6.07 Å². The number of hydrogen-bond acceptors (Lipinski definition) is 4. The molecule has 0 heterocycles. The molecular weight excluding hydrogens is 265 g/mol. The van der Waals surface area contributed by atoms with Crippen LogP contribution in [0.25, 0.3) is 0 Å². The van der Waals surface area contributed by atoms with Crippen LogP contribution in [0.5, 0.6) is 0 Å². The number of amides is 1. The predicted octanol–water partition coefficient (Wildman–Crippen LogP) is 1.60. The molecule has 0 bridgehead atoms. The van der Waals surface area contributed by atoms with Crippen molar-refractivity contribution in [1.29, 1.82) is 0 Å². The predicted molar refractivity (Wildman–Crippen MR) is 72.6 cm³/mol. The highest BCUT2D eigenvalue weighted by atomic mass is 19.1. The van der Waals surface area contributed by atoms with Gasteiger partial charge in [0.25, 0.3) is 0 Å². The van der Waals surface area contributed by atoms with E-state index in [4.69, 9.17) is 0 Å². The molecule has 0 fully saturated rings. The van der Waals surface area contributed by atoms with E-state index < -0.39 is 21.8 Å². The van der Waals surface area contributed by atoms with E-state index in [1.165, 1.54) is 12.1 Å². The summed E-state index contributed by atoms with van der Waals surface area (Å²) in [4.78, 5) is 21.4. The Bertz CT molecular complexity index is 518. The molecule has 1 rings (SSSR count). The minimum absolute atomic E-state index is 0.119. The van der Waals surface area contributed by atoms with Crippen LogP contribution in [0.1, 0.15) is 19.4 Å². The number of nitrogens with one attached hydrogen (secondary N) is 2. The van der Waals surface area contributed by atoms with Gasteiger partial charge < -0.3 is 10.6 Å². The average Bonchev–Trinajstić information content (AvgIpc) is 2.39. The zero-order valence-corrected chi connectivity index (χ0v) is 11.7. The monoisotopic (exact) mass is 283 g/mol. The molecule has 0 radical (unpaired) electrons. The lowest BCUT2D eigenvalue weighted by Crippen LogP contribution is -2.41. The number of nitro groups is 1. The van der Waals surface area contributed by atoms with E-state index >= 15 is 0 Å². The van der Waals surface area contributed by atoms with Crippen molar-refractivity contribution in [2.45, 2.75) is 20.4 Å². The summed E-state index contributed by atoms with van der Waals surface area (Å²) in [7, 11) is 1.55. The molecule has 6 nitrogen and oxygen atoms in total. The molecular formula is C13H18FN3O3. The smallest absolute Gasteiger partial charge is 0.305 e. The quantitative estimate of drug-likeness (QED) is 0.613. The van der Waals surface area contributed by atoms with Gasteiger partial charge in [0.1, 0.15) is 0 Å². The van der Waals surface area contributed by atoms with Crippen molar-refractivity contribution >= 4 is 11.6 Å². The summed E-state index contributed by atoms with van der Waals surface area (Å²) >= 11 is 0. The first-order chi connectivity index (χ1) is 9.29. The number of rotatable bonds is 6. The van der Waals surface area contributed by atoms with E-state index in [2.05, 4.69) is 10.6 Å². The van der Waals surface area contributed by atoms with E-state index in [1.54, 1.807) is 20.9 Å². The van der Waals surface area contributed by atoms with Gasteiger partial charge in [-0.3, -0.25) is 14.9 Å². The number of hydrogen-bond donors (Lipinski definition) is 2. The molecule has 0 aromatic heterocycles. The average molecular weight is 283 g/mol. The zero-order chi connectivity index (χ0) is 15.3. The summed E-state index contributed by atoms with van der Waals surface area (Å²) in [6.07, 6.45) is 0. The van der Waals surface area contributed by atoms with Crippen LogP contribution in [-0.2, 0) is 11.3 Å². The molecule has 20 heavy (non-hydrogen) atoms. The van der Waals surface area contributed by atoms with Crippen LogP contribution >= 0.6 is 0 Å². The molecule has 0 aliphatic heterocycles. The standard InChI is InChI=1S/C13H18FN3O3/c1-13(2,12(18)15-3)8-16-7-9-5-4-6-10(11(9)14)17(19)20/h4-6,16H,7-8H2,1-3H3,(H,15,18). The number of halogens is 1. The van der Waals surface area contributed by atoms with Crippen molar-refractivity contribution in [1.82, 2.24) is 10.6 Å². The fourth-order valence-electron chi connectivity index (χ4n) is 1.77. The Morgan fingerprint density at radius 1 is 1.45 bits per heavy atom. The fourth-order valence-corrected chi connectivity index (χ4v) is 1.77. The Balaban J connectivity index is 2.70. The van der Waals surface area contributed by atoms with Crippen LogP contribution < -0.4 is 10.6 Å². The largest absolute Gasteiger partial charge is 0.359 e. The van der Waals surface area contributed by atoms with Crippen molar-refractivity contribution in [3.8, 4) is 0 Å². The normalized spacial score (nSPS) is 11.2. The molecule has 0 saturated heterocycles. The van der Waals surface area contributed by atoms with Crippen molar-refractivity contribution < 1.29 is 14.1 Å². The first-order valence-electron chi connectivity index (χ1n) is 6.14. The highest BCUT2D eigenvalue weighted by Crippen LogP contribution is 2.20. The molecule has 0 aliphatic rings. The third-order valence-electron chi connectivity index (χ3n) is 2.98. The second-order valence-electron chi connectivity index (χ2n) is 5.07. The lowest BCUT2D eigenvalue weighted by Gasteiger charge is -2.23. The maximum atomic E-state index is 13.8. The summed E-state index contributed by atoms with van der Waals surface area (Å²) in [5.74, 6) is -0.979. The molecule has 0 spiro atoms. The summed E-state index contributed by atoms with van der Waals surface area (Å²) in [6.45, 7) is 3.95. The van der Waals surface area contributed by atoms with Gasteiger partial charge in [0.05, 0.1) is 10.3 Å². The highest BCUT2D eigenvalue weighted by molar-refractivity contribution is 5.81. The lowest BCUT2D eigenvalue weighted by molar-refractivity contribution is -0.387.